The fourth-order valence-corrected chi connectivity index (χ4v) is 3.16. The van der Waals surface area contributed by atoms with Gasteiger partial charge in [0.2, 0.25) is 5.91 Å². The maximum absolute atomic E-state index is 12.7. The fourth-order valence-electron chi connectivity index (χ4n) is 3.16. The lowest BCUT2D eigenvalue weighted by atomic mass is 10.0. The third-order valence-electron chi connectivity index (χ3n) is 4.73. The summed E-state index contributed by atoms with van der Waals surface area (Å²) in [4.78, 5) is 24.5. The van der Waals surface area contributed by atoms with Gasteiger partial charge < -0.3 is 15.2 Å². The van der Waals surface area contributed by atoms with Crippen LogP contribution in [-0.2, 0) is 16.0 Å². The van der Waals surface area contributed by atoms with E-state index in [0.29, 0.717) is 12.8 Å². The Morgan fingerprint density at radius 2 is 2.10 bits per heavy atom. The molecule has 1 aliphatic rings. The normalized spacial score (nSPS) is 19.2. The summed E-state index contributed by atoms with van der Waals surface area (Å²) in [6.07, 6.45) is 19.8. The van der Waals surface area contributed by atoms with Crippen molar-refractivity contribution in [3.63, 3.8) is 0 Å². The number of rotatable bonds is 6. The van der Waals surface area contributed by atoms with E-state index in [4.69, 9.17) is 4.74 Å². The molecule has 0 radical (unpaired) electrons. The van der Waals surface area contributed by atoms with Gasteiger partial charge in [0.25, 0.3) is 0 Å². The Balaban J connectivity index is 2.00. The number of phenols is 1. The van der Waals surface area contributed by atoms with E-state index in [0.717, 1.165) is 37.7 Å². The summed E-state index contributed by atoms with van der Waals surface area (Å²) in [5, 5.41) is 12.9. The number of allylic oxidation sites excluding steroid dienone is 5. The van der Waals surface area contributed by atoms with Crippen LogP contribution in [0, 0.1) is 0 Å². The fraction of sp³-hybridized carbons (Fsp3) is 0.360. The molecule has 0 bridgehead atoms. The average Bonchev–Trinajstić information content (AvgIpc) is 2.72. The van der Waals surface area contributed by atoms with Gasteiger partial charge in [-0.2, -0.15) is 0 Å². The highest BCUT2D eigenvalue weighted by atomic mass is 16.5. The molecule has 0 unspecified atom stereocenters. The lowest BCUT2D eigenvalue weighted by Crippen LogP contribution is -2.20. The molecule has 0 saturated carbocycles. The van der Waals surface area contributed by atoms with Gasteiger partial charge in [0.15, 0.2) is 0 Å². The van der Waals surface area contributed by atoms with Crippen molar-refractivity contribution >= 4 is 11.9 Å². The highest BCUT2D eigenvalue weighted by Crippen LogP contribution is 2.25. The molecule has 1 atom stereocenters. The summed E-state index contributed by atoms with van der Waals surface area (Å²) in [7, 11) is 0. The van der Waals surface area contributed by atoms with Gasteiger partial charge >= 0.3 is 5.97 Å². The minimum Gasteiger partial charge on any atom is -0.507 e. The lowest BCUT2D eigenvalue weighted by molar-refractivity contribution is -0.115. The average molecular weight is 410 g/mol. The van der Waals surface area contributed by atoms with Crippen LogP contribution >= 0.6 is 0 Å². The zero-order valence-corrected chi connectivity index (χ0v) is 17.5. The largest absolute Gasteiger partial charge is 0.507 e. The van der Waals surface area contributed by atoms with Gasteiger partial charge in [-0.15, -0.1) is 0 Å². The van der Waals surface area contributed by atoms with Crippen LogP contribution in [0.25, 0.3) is 0 Å². The Labute approximate surface area is 178 Å². The molecule has 1 amide bonds. The molecule has 1 heterocycles. The Hall–Kier alpha value is -3.08. The SMILES string of the molecule is CC/C=C\C=C/C(=O)N/C=C/C[C@H]1CCCC/C=C/Cc2cccc(O)c2C(=O)O1. The number of nitrogens with one attached hydrogen (secondary N) is 1. The number of cyclic esters (lactones) is 1. The molecule has 0 aliphatic carbocycles. The van der Waals surface area contributed by atoms with Gasteiger partial charge in [-0.1, -0.05) is 55.5 Å². The topological polar surface area (TPSA) is 75.6 Å². The highest BCUT2D eigenvalue weighted by Gasteiger charge is 2.21. The first-order chi connectivity index (χ1) is 14.6. The first-order valence-corrected chi connectivity index (χ1v) is 10.6. The summed E-state index contributed by atoms with van der Waals surface area (Å²) in [5.74, 6) is -0.785. The zero-order chi connectivity index (χ0) is 21.6. The van der Waals surface area contributed by atoms with Crippen LogP contribution in [0.2, 0.25) is 0 Å². The monoisotopic (exact) mass is 409 g/mol. The third kappa shape index (κ3) is 8.11. The molecule has 0 spiro atoms. The first kappa shape index (κ1) is 23.2. The minimum atomic E-state index is -0.509. The number of carbonyl (C=O) groups excluding carboxylic acids is 2. The van der Waals surface area contributed by atoms with E-state index in [1.54, 1.807) is 24.4 Å². The maximum Gasteiger partial charge on any atom is 0.342 e. The van der Waals surface area contributed by atoms with E-state index in [1.807, 2.05) is 31.2 Å². The van der Waals surface area contributed by atoms with E-state index < -0.39 is 5.97 Å². The van der Waals surface area contributed by atoms with Crippen molar-refractivity contribution in [2.75, 3.05) is 0 Å². The smallest absolute Gasteiger partial charge is 0.342 e. The first-order valence-electron chi connectivity index (χ1n) is 10.6. The van der Waals surface area contributed by atoms with Crippen LogP contribution < -0.4 is 5.32 Å². The molecule has 0 saturated heterocycles. The minimum absolute atomic E-state index is 0.0616. The van der Waals surface area contributed by atoms with Gasteiger partial charge in [0.1, 0.15) is 17.4 Å². The summed E-state index contributed by atoms with van der Waals surface area (Å²) < 4.78 is 5.72. The highest BCUT2D eigenvalue weighted by molar-refractivity contribution is 5.94. The van der Waals surface area contributed by atoms with Crippen molar-refractivity contribution in [3.05, 3.63) is 78.1 Å². The van der Waals surface area contributed by atoms with Crippen molar-refractivity contribution in [1.82, 2.24) is 5.32 Å². The molecule has 5 heteroatoms. The predicted octanol–water partition coefficient (Wildman–Crippen LogP) is 5.13. The summed E-state index contributed by atoms with van der Waals surface area (Å²) in [5.41, 5.74) is 0.984. The van der Waals surface area contributed by atoms with Crippen molar-refractivity contribution in [1.29, 1.82) is 0 Å². The van der Waals surface area contributed by atoms with Gasteiger partial charge in [-0.25, -0.2) is 4.79 Å². The summed E-state index contributed by atoms with van der Waals surface area (Å²) in [6.45, 7) is 2.03. The zero-order valence-electron chi connectivity index (χ0n) is 17.5. The van der Waals surface area contributed by atoms with E-state index in [1.165, 1.54) is 12.1 Å². The Kier molecular flexibility index (Phi) is 10.2. The lowest BCUT2D eigenvalue weighted by Gasteiger charge is -2.18. The van der Waals surface area contributed by atoms with Crippen molar-refractivity contribution in [3.8, 4) is 5.75 Å². The van der Waals surface area contributed by atoms with E-state index >= 15 is 0 Å². The second-order valence-corrected chi connectivity index (χ2v) is 7.14. The second-order valence-electron chi connectivity index (χ2n) is 7.14. The van der Waals surface area contributed by atoms with Gasteiger partial charge in [-0.05, 0) is 50.2 Å². The molecular formula is C25H31NO4. The van der Waals surface area contributed by atoms with Crippen LogP contribution in [0.3, 0.4) is 0 Å². The number of esters is 1. The molecule has 30 heavy (non-hydrogen) atoms. The van der Waals surface area contributed by atoms with Gasteiger partial charge in [0.05, 0.1) is 0 Å². The number of hydrogen-bond donors (Lipinski definition) is 2. The molecule has 2 rings (SSSR count). The van der Waals surface area contributed by atoms with Crippen LogP contribution in [0.5, 0.6) is 5.75 Å². The van der Waals surface area contributed by atoms with Crippen LogP contribution in [-0.4, -0.2) is 23.1 Å². The van der Waals surface area contributed by atoms with Gasteiger partial charge in [0, 0.05) is 18.7 Å². The Bertz CT molecular complexity index is 820. The maximum atomic E-state index is 12.7. The van der Waals surface area contributed by atoms with E-state index in [2.05, 4.69) is 11.4 Å². The van der Waals surface area contributed by atoms with E-state index in [9.17, 15) is 14.7 Å². The summed E-state index contributed by atoms with van der Waals surface area (Å²) >= 11 is 0. The molecule has 2 N–H and O–H groups in total. The molecule has 0 fully saturated rings. The van der Waals surface area contributed by atoms with Crippen LogP contribution in [0.15, 0.2) is 66.9 Å². The molecule has 1 aromatic rings. The number of ether oxygens (including phenoxy) is 1. The number of aromatic hydroxyl groups is 1. The molecular weight excluding hydrogens is 378 g/mol. The predicted molar refractivity (Wildman–Crippen MR) is 119 cm³/mol. The Morgan fingerprint density at radius 3 is 2.93 bits per heavy atom. The number of phenolic OH excluding ortho intramolecular Hbond substituents is 1. The number of amides is 1. The molecule has 5 nitrogen and oxygen atoms in total. The Morgan fingerprint density at radius 1 is 1.23 bits per heavy atom. The van der Waals surface area contributed by atoms with Crippen LogP contribution in [0.4, 0.5) is 0 Å². The van der Waals surface area contributed by atoms with Crippen molar-refractivity contribution < 1.29 is 19.4 Å². The number of benzene rings is 1. The van der Waals surface area contributed by atoms with Gasteiger partial charge in [-0.3, -0.25) is 4.79 Å². The number of hydrogen-bond acceptors (Lipinski definition) is 4. The standard InChI is InChI=1S/C25H31NO4/c1-2-3-4-10-18-23(28)26-19-12-16-21-15-9-7-5-6-8-13-20-14-11-17-22(27)24(20)25(29)30-21/h3-4,6,8,10-12,14,17-19,21,27H,2,5,7,9,13,15-16H2,1H3,(H,26,28)/b4-3-,8-6+,18-10-,19-12+/t21-/m1/s1. The van der Waals surface area contributed by atoms with Crippen molar-refractivity contribution in [2.24, 2.45) is 0 Å². The quantitative estimate of drug-likeness (QED) is 0.295. The third-order valence-corrected chi connectivity index (χ3v) is 4.73. The molecule has 1 aliphatic heterocycles. The molecule has 0 aromatic heterocycles. The number of carbonyl (C=O) groups is 2. The second kappa shape index (κ2) is 13.2. The molecule has 1 aromatic carbocycles. The van der Waals surface area contributed by atoms with Crippen LogP contribution in [0.1, 0.15) is 61.4 Å². The number of fused-ring (bicyclic) bond motifs is 1. The van der Waals surface area contributed by atoms with E-state index in [-0.39, 0.29) is 23.3 Å². The van der Waals surface area contributed by atoms with Crippen molar-refractivity contribution in [2.45, 2.75) is 58.0 Å². The summed E-state index contributed by atoms with van der Waals surface area (Å²) in [6, 6.07) is 5.07. The molecule has 160 valence electrons.